The molecule has 0 radical (unpaired) electrons. The Morgan fingerprint density at radius 1 is 0.264 bits per heavy atom. The third-order valence-corrected chi connectivity index (χ3v) is 15.8. The van der Waals surface area contributed by atoms with E-state index in [2.05, 4.69) is 280 Å². The lowest BCUT2D eigenvalue weighted by Crippen LogP contribution is -2.28. The summed E-state index contributed by atoms with van der Waals surface area (Å²) >= 11 is 0. The number of anilines is 3. The van der Waals surface area contributed by atoms with Gasteiger partial charge in [0.25, 0.3) is 0 Å². The van der Waals surface area contributed by atoms with Crippen molar-refractivity contribution >= 4 is 70.9 Å². The molecule has 0 saturated carbocycles. The molecule has 0 N–H and O–H groups in total. The molecule has 0 spiro atoms. The molecule has 1 aliphatic carbocycles. The van der Waals surface area contributed by atoms with Crippen molar-refractivity contribution in [3.8, 4) is 33.4 Å². The van der Waals surface area contributed by atoms with Gasteiger partial charge in [-0.05, 0) is 143 Å². The minimum Gasteiger partial charge on any atom is -0.309 e. The van der Waals surface area contributed by atoms with Crippen LogP contribution in [0.5, 0.6) is 0 Å². The van der Waals surface area contributed by atoms with Crippen molar-refractivity contribution in [1.82, 2.24) is 0 Å². The van der Waals surface area contributed by atoms with Crippen molar-refractivity contribution in [2.75, 3.05) is 4.90 Å². The molecule has 0 amide bonds. The fourth-order valence-corrected chi connectivity index (χ4v) is 12.7. The van der Waals surface area contributed by atoms with Crippen molar-refractivity contribution in [2.24, 2.45) is 0 Å². The van der Waals surface area contributed by atoms with Gasteiger partial charge in [-0.1, -0.05) is 237 Å². The lowest BCUT2D eigenvalue weighted by Gasteiger charge is -2.34. The van der Waals surface area contributed by atoms with Gasteiger partial charge in [0.05, 0.1) is 22.5 Å². The molecule has 0 fully saturated rings. The first kappa shape index (κ1) is 41.9. The smallest absolute Gasteiger partial charge is 0.0713 e. The lowest BCUT2D eigenvalue weighted by atomic mass is 9.67. The van der Waals surface area contributed by atoms with Crippen LogP contribution < -0.4 is 4.90 Å². The first-order valence-electron chi connectivity index (χ1n) is 25.2. The fourth-order valence-electron chi connectivity index (χ4n) is 12.7. The van der Waals surface area contributed by atoms with E-state index in [4.69, 9.17) is 0 Å². The quantitative estimate of drug-likeness (QED) is 0.144. The Bertz CT molecular complexity index is 4120. The van der Waals surface area contributed by atoms with Gasteiger partial charge in [-0.2, -0.15) is 0 Å². The Labute approximate surface area is 420 Å². The summed E-state index contributed by atoms with van der Waals surface area (Å²) < 4.78 is 0. The maximum absolute atomic E-state index is 2.52. The van der Waals surface area contributed by atoms with Crippen molar-refractivity contribution < 1.29 is 0 Å². The second kappa shape index (κ2) is 16.5. The number of benzene rings is 13. The van der Waals surface area contributed by atoms with E-state index >= 15 is 0 Å². The maximum atomic E-state index is 2.52. The summed E-state index contributed by atoms with van der Waals surface area (Å²) in [5, 5.41) is 12.3. The maximum Gasteiger partial charge on any atom is 0.0713 e. The molecule has 0 heterocycles. The first-order valence-corrected chi connectivity index (χ1v) is 25.2. The number of rotatable bonds is 7. The van der Waals surface area contributed by atoms with Gasteiger partial charge < -0.3 is 4.90 Å². The molecule has 0 unspecified atom stereocenters. The zero-order valence-corrected chi connectivity index (χ0v) is 40.3. The van der Waals surface area contributed by atoms with Gasteiger partial charge in [-0.3, -0.25) is 0 Å². The Balaban J connectivity index is 1.01. The summed E-state index contributed by atoms with van der Waals surface area (Å²) in [6, 6.07) is 97.4. The predicted octanol–water partition coefficient (Wildman–Crippen LogP) is 19.2. The first-order chi connectivity index (χ1) is 35.6. The highest BCUT2D eigenvalue weighted by molar-refractivity contribution is 6.25. The normalized spacial score (nSPS) is 12.7. The van der Waals surface area contributed by atoms with Crippen molar-refractivity contribution in [1.29, 1.82) is 0 Å². The SMILES string of the molecule is Cc1ccc(N(c2ccc(C)c3ccccc23)c2ccc(-c3c4ccccc4c(-c4ccc5c(c4)-c4ccccc4C5(c4ccccc4)c4ccccc4)c4ccccc34)c3ccccc23)c2ccccc12. The molecule has 0 bridgehead atoms. The van der Waals surface area contributed by atoms with E-state index in [9.17, 15) is 0 Å². The van der Waals surface area contributed by atoms with Crippen LogP contribution in [0.25, 0.3) is 87.2 Å². The minimum absolute atomic E-state index is 0.455. The summed E-state index contributed by atoms with van der Waals surface area (Å²) in [5.74, 6) is 0. The molecular weight excluding hydrogens is 867 g/mol. The molecule has 0 aromatic heterocycles. The van der Waals surface area contributed by atoms with Crippen LogP contribution in [0.1, 0.15) is 33.4 Å². The number of fused-ring (bicyclic) bond motifs is 8. The molecule has 13 aromatic rings. The standard InChI is InChI=1S/C71H49N/c1-46-37-42-66(55-29-12-9-25-51(46)55)72(67-43-38-47(2)52-26-10-13-30-56(52)67)68-44-40-62(53-27-11-14-31-57(53)68)70-60-34-17-15-32-58(60)69(59-33-16-18-35-61(59)70)48-39-41-65-63(45-48)54-28-19-20-36-64(54)71(65,49-21-5-3-6-22-49)50-23-7-4-8-24-50/h3-45H,1-2H3. The topological polar surface area (TPSA) is 3.24 Å². The molecular formula is C71H49N. The molecule has 13 aromatic carbocycles. The van der Waals surface area contributed by atoms with E-state index in [1.165, 1.54) is 121 Å². The van der Waals surface area contributed by atoms with Crippen molar-refractivity contribution in [3.05, 3.63) is 294 Å². The van der Waals surface area contributed by atoms with Crippen LogP contribution in [0.3, 0.4) is 0 Å². The highest BCUT2D eigenvalue weighted by atomic mass is 15.1. The average molecular weight is 916 g/mol. The van der Waals surface area contributed by atoms with Crippen LogP contribution in [0.4, 0.5) is 17.1 Å². The van der Waals surface area contributed by atoms with Crippen LogP contribution in [0.2, 0.25) is 0 Å². The molecule has 0 aliphatic heterocycles. The number of hydrogen-bond acceptors (Lipinski definition) is 1. The third kappa shape index (κ3) is 6.14. The summed E-state index contributed by atoms with van der Waals surface area (Å²) in [5.41, 5.74) is 18.2. The van der Waals surface area contributed by atoms with Gasteiger partial charge in [0.15, 0.2) is 0 Å². The summed E-state index contributed by atoms with van der Waals surface area (Å²) in [6.07, 6.45) is 0. The number of aryl methyl sites for hydroxylation is 2. The summed E-state index contributed by atoms with van der Waals surface area (Å²) in [7, 11) is 0. The highest BCUT2D eigenvalue weighted by Crippen LogP contribution is 2.58. The van der Waals surface area contributed by atoms with Gasteiger partial charge in [0, 0.05) is 16.2 Å². The van der Waals surface area contributed by atoms with Gasteiger partial charge in [-0.15, -0.1) is 0 Å². The second-order valence-electron chi connectivity index (χ2n) is 19.5. The molecule has 0 saturated heterocycles. The van der Waals surface area contributed by atoms with Crippen molar-refractivity contribution in [3.63, 3.8) is 0 Å². The van der Waals surface area contributed by atoms with E-state index in [1.807, 2.05) is 0 Å². The average Bonchev–Trinajstić information content (AvgIpc) is 3.74. The molecule has 72 heavy (non-hydrogen) atoms. The van der Waals surface area contributed by atoms with Gasteiger partial charge in [0.2, 0.25) is 0 Å². The van der Waals surface area contributed by atoms with E-state index in [0.29, 0.717) is 0 Å². The number of nitrogens with zero attached hydrogens (tertiary/aromatic N) is 1. The summed E-state index contributed by atoms with van der Waals surface area (Å²) in [6.45, 7) is 4.43. The second-order valence-corrected chi connectivity index (χ2v) is 19.5. The Morgan fingerprint density at radius 2 is 0.653 bits per heavy atom. The van der Waals surface area contributed by atoms with Gasteiger partial charge in [0.1, 0.15) is 0 Å². The Morgan fingerprint density at radius 3 is 1.18 bits per heavy atom. The van der Waals surface area contributed by atoms with Crippen LogP contribution in [0, 0.1) is 13.8 Å². The Hall–Kier alpha value is -9.04. The predicted molar refractivity (Wildman–Crippen MR) is 306 cm³/mol. The van der Waals surface area contributed by atoms with E-state index in [-0.39, 0.29) is 0 Å². The minimum atomic E-state index is -0.455. The molecule has 338 valence electrons. The third-order valence-electron chi connectivity index (χ3n) is 15.8. The van der Waals surface area contributed by atoms with Gasteiger partial charge >= 0.3 is 0 Å². The van der Waals surface area contributed by atoms with E-state index < -0.39 is 5.41 Å². The molecule has 1 aliphatic rings. The monoisotopic (exact) mass is 915 g/mol. The Kier molecular flexibility index (Phi) is 9.63. The van der Waals surface area contributed by atoms with Crippen molar-refractivity contribution in [2.45, 2.75) is 19.3 Å². The number of hydrogen-bond donors (Lipinski definition) is 0. The highest BCUT2D eigenvalue weighted by Gasteiger charge is 2.46. The largest absolute Gasteiger partial charge is 0.309 e. The van der Waals surface area contributed by atoms with E-state index in [0.717, 1.165) is 17.1 Å². The van der Waals surface area contributed by atoms with Crippen LogP contribution in [0.15, 0.2) is 261 Å². The van der Waals surface area contributed by atoms with Crippen LogP contribution in [-0.4, -0.2) is 0 Å². The van der Waals surface area contributed by atoms with Gasteiger partial charge in [-0.25, -0.2) is 0 Å². The van der Waals surface area contributed by atoms with Crippen LogP contribution >= 0.6 is 0 Å². The zero-order chi connectivity index (χ0) is 47.9. The molecule has 0 atom stereocenters. The van der Waals surface area contributed by atoms with Crippen LogP contribution in [-0.2, 0) is 5.41 Å². The zero-order valence-electron chi connectivity index (χ0n) is 40.3. The molecule has 14 rings (SSSR count). The summed E-state index contributed by atoms with van der Waals surface area (Å²) in [4.78, 5) is 2.52. The fraction of sp³-hybridized carbons (Fsp3) is 0.0423. The van der Waals surface area contributed by atoms with E-state index in [1.54, 1.807) is 0 Å². The molecule has 1 heteroatoms. The molecule has 1 nitrogen and oxygen atoms in total. The lowest BCUT2D eigenvalue weighted by molar-refractivity contribution is 0.768.